The molecule has 0 spiro atoms. The van der Waals surface area contributed by atoms with Crippen molar-refractivity contribution >= 4 is 0 Å². The minimum Gasteiger partial charge on any atom is -0.395 e. The summed E-state index contributed by atoms with van der Waals surface area (Å²) in [5.74, 6) is -1.22. The Morgan fingerprint density at radius 1 is 1.35 bits per heavy atom. The Morgan fingerprint density at radius 2 is 2.06 bits per heavy atom. The van der Waals surface area contributed by atoms with Crippen molar-refractivity contribution in [1.82, 2.24) is 5.32 Å². The average Bonchev–Trinajstić information content (AvgIpc) is 2.33. The highest BCUT2D eigenvalue weighted by Gasteiger charge is 2.22. The Kier molecular flexibility index (Phi) is 5.47. The van der Waals surface area contributed by atoms with Gasteiger partial charge >= 0.3 is 0 Å². The van der Waals surface area contributed by atoms with Crippen LogP contribution in [0.25, 0.3) is 0 Å². The number of rotatable bonds is 6. The van der Waals surface area contributed by atoms with Gasteiger partial charge in [0.2, 0.25) is 0 Å². The van der Waals surface area contributed by atoms with E-state index in [9.17, 15) is 13.9 Å². The molecule has 0 amide bonds. The first-order valence-corrected chi connectivity index (χ1v) is 5.57. The third-order valence-corrected chi connectivity index (χ3v) is 2.62. The van der Waals surface area contributed by atoms with Crippen LogP contribution in [0.2, 0.25) is 0 Å². The summed E-state index contributed by atoms with van der Waals surface area (Å²) in [6.07, 6.45) is -0.598. The van der Waals surface area contributed by atoms with E-state index in [4.69, 9.17) is 5.11 Å². The van der Waals surface area contributed by atoms with Gasteiger partial charge in [-0.05, 0) is 24.6 Å². The first-order valence-electron chi connectivity index (χ1n) is 5.57. The Hall–Kier alpha value is -1.04. The topological polar surface area (TPSA) is 52.5 Å². The molecule has 17 heavy (non-hydrogen) atoms. The summed E-state index contributed by atoms with van der Waals surface area (Å²) in [5.41, 5.74) is -0.0673. The van der Waals surface area contributed by atoms with Gasteiger partial charge in [-0.15, -0.1) is 0 Å². The molecular formula is C12H17F2NO2. The van der Waals surface area contributed by atoms with Crippen LogP contribution >= 0.6 is 0 Å². The van der Waals surface area contributed by atoms with Crippen molar-refractivity contribution in [2.75, 3.05) is 13.2 Å². The van der Waals surface area contributed by atoms with Gasteiger partial charge in [-0.3, -0.25) is 0 Å². The third-order valence-electron chi connectivity index (χ3n) is 2.62. The molecule has 5 heteroatoms. The van der Waals surface area contributed by atoms with E-state index in [0.717, 1.165) is 18.2 Å². The number of hydrogen-bond acceptors (Lipinski definition) is 3. The first-order chi connectivity index (χ1) is 8.10. The number of aliphatic hydroxyl groups is 2. The predicted molar refractivity (Wildman–Crippen MR) is 60.5 cm³/mol. The van der Waals surface area contributed by atoms with E-state index in [0.29, 0.717) is 13.0 Å². The summed E-state index contributed by atoms with van der Waals surface area (Å²) in [5, 5.41) is 21.5. The molecule has 1 aromatic rings. The fourth-order valence-corrected chi connectivity index (χ4v) is 1.69. The van der Waals surface area contributed by atoms with Crippen LogP contribution in [0.4, 0.5) is 8.78 Å². The highest BCUT2D eigenvalue weighted by atomic mass is 19.1. The zero-order valence-corrected chi connectivity index (χ0v) is 9.66. The predicted octanol–water partition coefficient (Wildman–Crippen LogP) is 1.36. The molecule has 0 radical (unpaired) electrons. The Morgan fingerprint density at radius 3 is 2.65 bits per heavy atom. The van der Waals surface area contributed by atoms with Gasteiger partial charge < -0.3 is 15.5 Å². The Labute approximate surface area is 99.1 Å². The molecule has 0 fully saturated rings. The third kappa shape index (κ3) is 3.73. The van der Waals surface area contributed by atoms with Crippen LogP contribution in [-0.2, 0) is 0 Å². The maximum atomic E-state index is 13.4. The number of hydrogen-bond donors (Lipinski definition) is 3. The molecule has 1 rings (SSSR count). The van der Waals surface area contributed by atoms with E-state index >= 15 is 0 Å². The highest BCUT2D eigenvalue weighted by molar-refractivity contribution is 5.22. The zero-order valence-electron chi connectivity index (χ0n) is 9.66. The molecule has 0 saturated carbocycles. The van der Waals surface area contributed by atoms with Crippen LogP contribution < -0.4 is 5.32 Å². The summed E-state index contributed by atoms with van der Waals surface area (Å²) in [6.45, 7) is 2.04. The number of benzene rings is 1. The van der Waals surface area contributed by atoms with Crippen molar-refractivity contribution in [1.29, 1.82) is 0 Å². The van der Waals surface area contributed by atoms with Crippen LogP contribution in [-0.4, -0.2) is 29.4 Å². The standard InChI is InChI=1S/C12H17F2NO2/c1-2-11(15-5-6-16)12(17)9-7-8(13)3-4-10(9)14/h3-4,7,11-12,15-17H,2,5-6H2,1H3. The van der Waals surface area contributed by atoms with Gasteiger partial charge in [0.15, 0.2) is 0 Å². The number of aliphatic hydroxyl groups excluding tert-OH is 2. The van der Waals surface area contributed by atoms with Gasteiger partial charge in [0.1, 0.15) is 11.6 Å². The lowest BCUT2D eigenvalue weighted by atomic mass is 9.99. The molecule has 0 aromatic heterocycles. The second-order valence-electron chi connectivity index (χ2n) is 3.80. The first kappa shape index (κ1) is 14.0. The molecule has 1 aromatic carbocycles. The molecule has 0 aliphatic heterocycles. The SMILES string of the molecule is CCC(NCCO)C(O)c1cc(F)ccc1F. The minimum atomic E-state index is -1.14. The fraction of sp³-hybridized carbons (Fsp3) is 0.500. The lowest BCUT2D eigenvalue weighted by Crippen LogP contribution is -2.36. The lowest BCUT2D eigenvalue weighted by molar-refractivity contribution is 0.118. The van der Waals surface area contributed by atoms with Crippen molar-refractivity contribution < 1.29 is 19.0 Å². The molecule has 2 unspecified atom stereocenters. The maximum Gasteiger partial charge on any atom is 0.129 e. The molecular weight excluding hydrogens is 228 g/mol. The molecule has 0 heterocycles. The molecule has 0 aliphatic rings. The monoisotopic (exact) mass is 245 g/mol. The molecule has 0 saturated heterocycles. The van der Waals surface area contributed by atoms with Crippen molar-refractivity contribution in [2.24, 2.45) is 0 Å². The minimum absolute atomic E-state index is 0.0673. The van der Waals surface area contributed by atoms with Gasteiger partial charge in [-0.2, -0.15) is 0 Å². The summed E-state index contributed by atoms with van der Waals surface area (Å²) >= 11 is 0. The van der Waals surface area contributed by atoms with E-state index < -0.39 is 23.8 Å². The number of halogens is 2. The van der Waals surface area contributed by atoms with E-state index in [1.54, 1.807) is 0 Å². The van der Waals surface area contributed by atoms with Crippen molar-refractivity contribution in [3.8, 4) is 0 Å². The van der Waals surface area contributed by atoms with Crippen molar-refractivity contribution in [3.05, 3.63) is 35.4 Å². The van der Waals surface area contributed by atoms with E-state index in [1.165, 1.54) is 0 Å². The smallest absolute Gasteiger partial charge is 0.129 e. The number of nitrogens with one attached hydrogen (secondary N) is 1. The van der Waals surface area contributed by atoms with Crippen molar-refractivity contribution in [3.63, 3.8) is 0 Å². The molecule has 0 aliphatic carbocycles. The second-order valence-corrected chi connectivity index (χ2v) is 3.80. The molecule has 96 valence electrons. The Bertz CT molecular complexity index is 360. The van der Waals surface area contributed by atoms with Crippen molar-refractivity contribution in [2.45, 2.75) is 25.5 Å². The summed E-state index contributed by atoms with van der Waals surface area (Å²) in [7, 11) is 0. The van der Waals surface area contributed by atoms with Gasteiger partial charge in [0, 0.05) is 18.2 Å². The normalized spacial score (nSPS) is 14.6. The van der Waals surface area contributed by atoms with Gasteiger partial charge in [0.05, 0.1) is 12.7 Å². The zero-order chi connectivity index (χ0) is 12.8. The van der Waals surface area contributed by atoms with Crippen LogP contribution in [0, 0.1) is 11.6 Å². The molecule has 3 nitrogen and oxygen atoms in total. The van der Waals surface area contributed by atoms with Crippen LogP contribution in [0.15, 0.2) is 18.2 Å². The summed E-state index contributed by atoms with van der Waals surface area (Å²) < 4.78 is 26.4. The fourth-order valence-electron chi connectivity index (χ4n) is 1.69. The average molecular weight is 245 g/mol. The molecule has 0 bridgehead atoms. The van der Waals surface area contributed by atoms with Crippen LogP contribution in [0.5, 0.6) is 0 Å². The highest BCUT2D eigenvalue weighted by Crippen LogP contribution is 2.22. The van der Waals surface area contributed by atoms with E-state index in [1.807, 2.05) is 6.92 Å². The lowest BCUT2D eigenvalue weighted by Gasteiger charge is -2.23. The van der Waals surface area contributed by atoms with Crippen LogP contribution in [0.3, 0.4) is 0 Å². The maximum absolute atomic E-state index is 13.4. The van der Waals surface area contributed by atoms with Gasteiger partial charge in [-0.1, -0.05) is 6.92 Å². The van der Waals surface area contributed by atoms with Gasteiger partial charge in [0.25, 0.3) is 0 Å². The second kappa shape index (κ2) is 6.64. The molecule has 2 atom stereocenters. The summed E-state index contributed by atoms with van der Waals surface area (Å²) in [4.78, 5) is 0. The quantitative estimate of drug-likeness (QED) is 0.709. The summed E-state index contributed by atoms with van der Waals surface area (Å²) in [6, 6.07) is 2.57. The largest absolute Gasteiger partial charge is 0.395 e. The van der Waals surface area contributed by atoms with Crippen LogP contribution in [0.1, 0.15) is 25.0 Å². The Balaban J connectivity index is 2.85. The molecule has 3 N–H and O–H groups in total. The van der Waals surface area contributed by atoms with E-state index in [-0.39, 0.29) is 12.2 Å². The van der Waals surface area contributed by atoms with E-state index in [2.05, 4.69) is 5.32 Å². The van der Waals surface area contributed by atoms with Gasteiger partial charge in [-0.25, -0.2) is 8.78 Å².